The van der Waals surface area contributed by atoms with E-state index in [2.05, 4.69) is 16.0 Å². The summed E-state index contributed by atoms with van der Waals surface area (Å²) >= 11 is 0. The van der Waals surface area contributed by atoms with Crippen molar-refractivity contribution >= 4 is 22.6 Å². The molecule has 1 saturated carbocycles. The quantitative estimate of drug-likeness (QED) is 0.681. The summed E-state index contributed by atoms with van der Waals surface area (Å²) < 4.78 is 10.9. The number of hydrogen-bond acceptors (Lipinski definition) is 4. The number of ether oxygens (including phenoxy) is 2. The molecule has 158 valence electrons. The Morgan fingerprint density at radius 3 is 2.71 bits per heavy atom. The zero-order valence-electron chi connectivity index (χ0n) is 17.9. The molecule has 7 nitrogen and oxygen atoms in total. The Morgan fingerprint density at radius 1 is 1.16 bits per heavy atom. The van der Waals surface area contributed by atoms with E-state index in [4.69, 9.17) is 9.47 Å². The fourth-order valence-corrected chi connectivity index (χ4v) is 5.69. The summed E-state index contributed by atoms with van der Waals surface area (Å²) in [6.07, 6.45) is 2.64. The highest BCUT2D eigenvalue weighted by molar-refractivity contribution is 6.09. The van der Waals surface area contributed by atoms with E-state index < -0.39 is 0 Å². The minimum absolute atomic E-state index is 0.0592. The van der Waals surface area contributed by atoms with E-state index in [-0.39, 0.29) is 17.1 Å². The Labute approximate surface area is 179 Å². The predicted molar refractivity (Wildman–Crippen MR) is 115 cm³/mol. The van der Waals surface area contributed by atoms with Crippen LogP contribution in [-0.4, -0.2) is 47.3 Å². The van der Waals surface area contributed by atoms with Gasteiger partial charge in [0.15, 0.2) is 11.5 Å². The molecule has 1 aliphatic heterocycles. The summed E-state index contributed by atoms with van der Waals surface area (Å²) in [7, 11) is 3.20. The van der Waals surface area contributed by atoms with Crippen molar-refractivity contribution in [3.63, 3.8) is 0 Å². The van der Waals surface area contributed by atoms with Crippen molar-refractivity contribution in [2.45, 2.75) is 25.7 Å². The molecule has 1 spiro atoms. The van der Waals surface area contributed by atoms with Crippen molar-refractivity contribution in [2.24, 2.45) is 5.92 Å². The molecule has 0 bridgehead atoms. The molecule has 0 radical (unpaired) electrons. The van der Waals surface area contributed by atoms with Gasteiger partial charge in [0.25, 0.3) is 5.91 Å². The Hall–Kier alpha value is -3.48. The van der Waals surface area contributed by atoms with E-state index in [1.807, 2.05) is 26.0 Å². The highest BCUT2D eigenvalue weighted by atomic mass is 16.5. The number of H-pyrrole nitrogens is 2. The minimum Gasteiger partial charge on any atom is -0.493 e. The van der Waals surface area contributed by atoms with Gasteiger partial charge in [-0.15, -0.1) is 0 Å². The maximum Gasteiger partial charge on any atom is 0.274 e. The molecule has 3 heterocycles. The van der Waals surface area contributed by atoms with E-state index in [1.165, 1.54) is 0 Å². The van der Waals surface area contributed by atoms with Gasteiger partial charge in [-0.25, -0.2) is 0 Å². The molecule has 2 fully saturated rings. The summed E-state index contributed by atoms with van der Waals surface area (Å²) in [5.74, 6) is 1.46. The third-order valence-corrected chi connectivity index (χ3v) is 7.18. The summed E-state index contributed by atoms with van der Waals surface area (Å²) in [6, 6.07) is 5.79. The Bertz CT molecular complexity index is 1340. The minimum atomic E-state index is -0.196. The number of methoxy groups -OCH3 is 2. The van der Waals surface area contributed by atoms with Crippen molar-refractivity contribution in [1.29, 1.82) is 0 Å². The number of carbonyl (C=O) groups excluding carboxylic acids is 2. The molecule has 1 aromatic carbocycles. The summed E-state index contributed by atoms with van der Waals surface area (Å²) in [5, 5.41) is 0.884. The second-order valence-corrected chi connectivity index (χ2v) is 8.81. The lowest BCUT2D eigenvalue weighted by molar-refractivity contribution is 0.0806. The lowest BCUT2D eigenvalue weighted by Crippen LogP contribution is -2.33. The number of nitrogens with zero attached hydrogens (tertiary/aromatic N) is 1. The highest BCUT2D eigenvalue weighted by Crippen LogP contribution is 2.66. The van der Waals surface area contributed by atoms with Gasteiger partial charge in [-0.05, 0) is 49.9 Å². The predicted octanol–water partition coefficient (Wildman–Crippen LogP) is 3.62. The third kappa shape index (κ3) is 2.18. The molecule has 2 N–H and O–H groups in total. The number of ketones is 1. The van der Waals surface area contributed by atoms with Gasteiger partial charge in [-0.1, -0.05) is 0 Å². The van der Waals surface area contributed by atoms with Crippen molar-refractivity contribution in [1.82, 2.24) is 14.9 Å². The zero-order valence-corrected chi connectivity index (χ0v) is 17.9. The Morgan fingerprint density at radius 2 is 1.97 bits per heavy atom. The molecule has 2 aliphatic carbocycles. The molecule has 3 aromatic rings. The van der Waals surface area contributed by atoms with Crippen LogP contribution >= 0.6 is 0 Å². The lowest BCUT2D eigenvalue weighted by Gasteiger charge is -2.27. The van der Waals surface area contributed by atoms with Gasteiger partial charge >= 0.3 is 0 Å². The van der Waals surface area contributed by atoms with Gasteiger partial charge in [-0.2, -0.15) is 0 Å². The first-order valence-electron chi connectivity index (χ1n) is 10.4. The third-order valence-electron chi connectivity index (χ3n) is 7.18. The number of amides is 1. The average Bonchev–Trinajstić information content (AvgIpc) is 3.07. The van der Waals surface area contributed by atoms with Crippen molar-refractivity contribution in [3.8, 4) is 11.5 Å². The van der Waals surface area contributed by atoms with E-state index in [0.29, 0.717) is 35.3 Å². The molecule has 2 atom stereocenters. The molecule has 2 aromatic heterocycles. The van der Waals surface area contributed by atoms with Crippen LogP contribution in [0.4, 0.5) is 0 Å². The number of piperidine rings is 1. The number of aryl methyl sites for hydroxylation is 2. The molecule has 1 unspecified atom stereocenters. The molecular formula is C24H23N3O4. The molecular weight excluding hydrogens is 394 g/mol. The van der Waals surface area contributed by atoms with E-state index >= 15 is 0 Å². The lowest BCUT2D eigenvalue weighted by atomic mass is 9.85. The number of aromatic nitrogens is 2. The van der Waals surface area contributed by atoms with Crippen LogP contribution in [0, 0.1) is 19.8 Å². The summed E-state index contributed by atoms with van der Waals surface area (Å²) in [4.78, 5) is 34.6. The second-order valence-electron chi connectivity index (χ2n) is 8.81. The molecule has 3 aliphatic rings. The molecule has 1 saturated heterocycles. The van der Waals surface area contributed by atoms with Crippen molar-refractivity contribution in [2.75, 3.05) is 20.8 Å². The number of rotatable bonds is 3. The molecule has 31 heavy (non-hydrogen) atoms. The first-order valence-corrected chi connectivity index (χ1v) is 10.4. The maximum absolute atomic E-state index is 13.6. The fourth-order valence-electron chi connectivity index (χ4n) is 5.69. The summed E-state index contributed by atoms with van der Waals surface area (Å²) in [6.45, 7) is 4.53. The Balaban J connectivity index is 1.42. The van der Waals surface area contributed by atoms with E-state index in [9.17, 15) is 9.59 Å². The average molecular weight is 417 g/mol. The monoisotopic (exact) mass is 417 g/mol. The highest BCUT2D eigenvalue weighted by Gasteiger charge is 2.67. The van der Waals surface area contributed by atoms with Gasteiger partial charge in [-0.3, -0.25) is 9.59 Å². The van der Waals surface area contributed by atoms with Crippen LogP contribution < -0.4 is 9.47 Å². The van der Waals surface area contributed by atoms with Crippen LogP contribution in [0.5, 0.6) is 11.5 Å². The van der Waals surface area contributed by atoms with Gasteiger partial charge in [0, 0.05) is 40.4 Å². The van der Waals surface area contributed by atoms with Gasteiger partial charge < -0.3 is 24.3 Å². The smallest absolute Gasteiger partial charge is 0.274 e. The van der Waals surface area contributed by atoms with E-state index in [1.54, 1.807) is 25.2 Å². The number of hydrogen-bond donors (Lipinski definition) is 2. The topological polar surface area (TPSA) is 87.4 Å². The standard InChI is InChI=1S/C24H23N3O4/c1-11-5-15-21(25-11)17(28)8-19-24(15)9-14(24)10-27(19)23(29)16-6-13-7-18(30-3)22(31-4)12(2)20(13)26-16/h5-8,14,25-26H,9-10H2,1-4H3/t14-,24?/m1/s1. The first-order chi connectivity index (χ1) is 14.9. The fraction of sp³-hybridized carbons (Fsp3) is 0.333. The molecule has 7 heteroatoms. The van der Waals surface area contributed by atoms with Crippen LogP contribution in [0.1, 0.15) is 44.2 Å². The first kappa shape index (κ1) is 18.3. The number of aromatic amines is 2. The van der Waals surface area contributed by atoms with Crippen LogP contribution in [0.2, 0.25) is 0 Å². The second kappa shape index (κ2) is 5.81. The van der Waals surface area contributed by atoms with Crippen molar-refractivity contribution < 1.29 is 19.1 Å². The van der Waals surface area contributed by atoms with Crippen LogP contribution in [0.25, 0.3) is 10.9 Å². The SMILES string of the molecule is COc1cc2cc(C(=O)N3C[C@H]4CC45C3=CC(=O)c3[nH]c(C)cc35)[nH]c2c(C)c1OC. The maximum atomic E-state index is 13.6. The van der Waals surface area contributed by atoms with Gasteiger partial charge in [0.1, 0.15) is 5.69 Å². The number of carbonyl (C=O) groups is 2. The number of allylic oxidation sites excluding steroid dienone is 2. The summed E-state index contributed by atoms with van der Waals surface area (Å²) in [5.41, 5.74) is 5.57. The van der Waals surface area contributed by atoms with Crippen LogP contribution in [-0.2, 0) is 5.41 Å². The molecule has 6 rings (SSSR count). The van der Waals surface area contributed by atoms with Crippen molar-refractivity contribution in [3.05, 3.63) is 58.2 Å². The Kier molecular flexibility index (Phi) is 3.43. The van der Waals surface area contributed by atoms with E-state index in [0.717, 1.165) is 39.8 Å². The van der Waals surface area contributed by atoms with Crippen LogP contribution in [0.15, 0.2) is 30.0 Å². The van der Waals surface area contributed by atoms with Crippen LogP contribution in [0.3, 0.4) is 0 Å². The van der Waals surface area contributed by atoms with Gasteiger partial charge in [0.05, 0.1) is 25.4 Å². The molecule has 1 amide bonds. The number of fused-ring (bicyclic) bond motifs is 2. The number of likely N-dealkylation sites (tertiary alicyclic amines) is 1. The number of benzene rings is 1. The normalized spacial score (nSPS) is 23.4. The zero-order chi connectivity index (χ0) is 21.7. The van der Waals surface area contributed by atoms with Gasteiger partial charge in [0.2, 0.25) is 5.78 Å². The number of nitrogens with one attached hydrogen (secondary N) is 2. The largest absolute Gasteiger partial charge is 0.493 e.